The van der Waals surface area contributed by atoms with Crippen LogP contribution in [0.1, 0.15) is 37.5 Å². The second-order valence-electron chi connectivity index (χ2n) is 4.49. The zero-order valence-electron chi connectivity index (χ0n) is 12.7. The van der Waals surface area contributed by atoms with Crippen LogP contribution in [0.15, 0.2) is 36.5 Å². The zero-order chi connectivity index (χ0) is 15.2. The summed E-state index contributed by atoms with van der Waals surface area (Å²) in [6.07, 6.45) is 2.86. The van der Waals surface area contributed by atoms with Gasteiger partial charge in [-0.3, -0.25) is 0 Å². The fraction of sp³-hybridized carbons (Fsp3) is 0.353. The van der Waals surface area contributed by atoms with Gasteiger partial charge in [-0.05, 0) is 36.6 Å². The van der Waals surface area contributed by atoms with Crippen molar-refractivity contribution in [2.45, 2.75) is 32.8 Å². The van der Waals surface area contributed by atoms with E-state index in [1.165, 1.54) is 0 Å². The van der Waals surface area contributed by atoms with Gasteiger partial charge in [0.25, 0.3) is 5.88 Å². The molecule has 1 aromatic carbocycles. The lowest BCUT2D eigenvalue weighted by atomic mass is 10.1. The van der Waals surface area contributed by atoms with E-state index in [1.807, 2.05) is 38.1 Å². The van der Waals surface area contributed by atoms with Crippen molar-refractivity contribution in [3.05, 3.63) is 47.7 Å². The highest BCUT2D eigenvalue weighted by Gasteiger charge is 2.23. The van der Waals surface area contributed by atoms with Crippen LogP contribution in [0.5, 0.6) is 17.4 Å². The van der Waals surface area contributed by atoms with Crippen LogP contribution in [0.2, 0.25) is 0 Å². The number of fused-ring (bicyclic) bond motifs is 1. The van der Waals surface area contributed by atoms with Gasteiger partial charge < -0.3 is 14.6 Å². The lowest BCUT2D eigenvalue weighted by molar-refractivity contribution is 0.180. The van der Waals surface area contributed by atoms with Gasteiger partial charge in [0.15, 0.2) is 5.75 Å². The number of aromatic nitrogens is 1. The predicted octanol–water partition coefficient (Wildman–Crippen LogP) is 3.89. The Morgan fingerprint density at radius 3 is 2.67 bits per heavy atom. The molecule has 1 N–H and O–H groups in total. The smallest absolute Gasteiger partial charge is 0.257 e. The molecule has 0 saturated carbocycles. The topological polar surface area (TPSA) is 51.6 Å². The van der Waals surface area contributed by atoms with Crippen LogP contribution >= 0.6 is 0 Å². The molecule has 4 nitrogen and oxygen atoms in total. The summed E-state index contributed by atoms with van der Waals surface area (Å²) >= 11 is 0. The third kappa shape index (κ3) is 3.16. The molecule has 1 unspecified atom stereocenters. The molecule has 0 amide bonds. The second-order valence-corrected chi connectivity index (χ2v) is 4.49. The first-order valence-electron chi connectivity index (χ1n) is 7.26. The van der Waals surface area contributed by atoms with Crippen LogP contribution < -0.4 is 9.47 Å². The molecule has 4 heteroatoms. The van der Waals surface area contributed by atoms with Crippen molar-refractivity contribution in [3.8, 4) is 17.4 Å². The third-order valence-electron chi connectivity index (χ3n) is 3.35. The first-order valence-corrected chi connectivity index (χ1v) is 7.26. The van der Waals surface area contributed by atoms with Gasteiger partial charge in [0.1, 0.15) is 5.75 Å². The number of methoxy groups -OCH3 is 1. The molecule has 2 aromatic rings. The zero-order valence-corrected chi connectivity index (χ0v) is 12.7. The first-order chi connectivity index (χ1) is 10.3. The van der Waals surface area contributed by atoms with Gasteiger partial charge in [0.2, 0.25) is 0 Å². The number of aliphatic hydroxyl groups is 1. The average Bonchev–Trinajstić information content (AvgIpc) is 2.92. The maximum Gasteiger partial charge on any atom is 0.257 e. The van der Waals surface area contributed by atoms with Crippen LogP contribution in [0.4, 0.5) is 0 Å². The summed E-state index contributed by atoms with van der Waals surface area (Å²) in [6, 6.07) is 9.36. The number of pyridine rings is 1. The second kappa shape index (κ2) is 7.09. The van der Waals surface area contributed by atoms with E-state index in [-0.39, 0.29) is 6.10 Å². The number of ether oxygens (including phenoxy) is 2. The number of hydrogen-bond acceptors (Lipinski definition) is 4. The molecule has 3 rings (SSSR count). The molecule has 0 saturated heterocycles. The van der Waals surface area contributed by atoms with Crippen molar-refractivity contribution in [3.63, 3.8) is 0 Å². The normalized spacial score (nSPS) is 15.7. The molecule has 0 aliphatic heterocycles. The molecule has 0 bridgehead atoms. The Balaban J connectivity index is 0.000000774. The highest BCUT2D eigenvalue weighted by Crippen LogP contribution is 2.39. The minimum atomic E-state index is -0.380. The Bertz CT molecular complexity index is 598. The summed E-state index contributed by atoms with van der Waals surface area (Å²) in [5, 5.41) is 9.88. The molecule has 112 valence electrons. The molecule has 1 aromatic heterocycles. The molecular formula is C17H21NO3. The van der Waals surface area contributed by atoms with Crippen molar-refractivity contribution in [2.24, 2.45) is 0 Å². The van der Waals surface area contributed by atoms with E-state index >= 15 is 0 Å². The largest absolute Gasteiger partial charge is 0.478 e. The van der Waals surface area contributed by atoms with E-state index in [9.17, 15) is 5.11 Å². The summed E-state index contributed by atoms with van der Waals surface area (Å²) in [7, 11) is 1.56. The fourth-order valence-corrected chi connectivity index (χ4v) is 2.42. The number of hydrogen-bond donors (Lipinski definition) is 1. The lowest BCUT2D eigenvalue weighted by Gasteiger charge is -2.12. The van der Waals surface area contributed by atoms with Crippen LogP contribution in [-0.2, 0) is 6.42 Å². The monoisotopic (exact) mass is 287 g/mol. The summed E-state index contributed by atoms with van der Waals surface area (Å²) in [6.45, 7) is 4.00. The lowest BCUT2D eigenvalue weighted by Crippen LogP contribution is -1.95. The van der Waals surface area contributed by atoms with E-state index in [4.69, 9.17) is 9.47 Å². The third-order valence-corrected chi connectivity index (χ3v) is 3.35. The molecule has 1 aliphatic rings. The van der Waals surface area contributed by atoms with E-state index in [0.29, 0.717) is 11.6 Å². The van der Waals surface area contributed by atoms with E-state index in [0.717, 1.165) is 29.7 Å². The standard InChI is InChI=1S/C15H15NO3.C2H6/c1-18-15-14(6-3-9-16-15)19-13-5-2-4-10-11(13)7-8-12(10)17;1-2/h2-6,9,12,17H,7-8H2,1H3;1-2H3. The van der Waals surface area contributed by atoms with Crippen molar-refractivity contribution >= 4 is 0 Å². The van der Waals surface area contributed by atoms with Crippen molar-refractivity contribution < 1.29 is 14.6 Å². The Morgan fingerprint density at radius 1 is 1.14 bits per heavy atom. The quantitative estimate of drug-likeness (QED) is 0.930. The van der Waals surface area contributed by atoms with Gasteiger partial charge in [0, 0.05) is 11.8 Å². The first kappa shape index (κ1) is 15.3. The summed E-state index contributed by atoms with van der Waals surface area (Å²) in [5.41, 5.74) is 2.03. The predicted molar refractivity (Wildman–Crippen MR) is 81.9 cm³/mol. The van der Waals surface area contributed by atoms with Gasteiger partial charge in [-0.25, -0.2) is 4.98 Å². The van der Waals surface area contributed by atoms with Crippen molar-refractivity contribution in [2.75, 3.05) is 7.11 Å². The maximum atomic E-state index is 9.88. The number of aliphatic hydroxyl groups excluding tert-OH is 1. The Hall–Kier alpha value is -2.07. The maximum absolute atomic E-state index is 9.88. The average molecular weight is 287 g/mol. The minimum Gasteiger partial charge on any atom is -0.478 e. The van der Waals surface area contributed by atoms with Gasteiger partial charge in [-0.1, -0.05) is 26.0 Å². The van der Waals surface area contributed by atoms with Gasteiger partial charge in [0.05, 0.1) is 13.2 Å². The summed E-state index contributed by atoms with van der Waals surface area (Å²) < 4.78 is 11.1. The summed E-state index contributed by atoms with van der Waals surface area (Å²) in [4.78, 5) is 4.11. The van der Waals surface area contributed by atoms with Crippen LogP contribution in [0, 0.1) is 0 Å². The van der Waals surface area contributed by atoms with E-state index in [1.54, 1.807) is 19.4 Å². The summed E-state index contributed by atoms with van der Waals surface area (Å²) in [5.74, 6) is 1.80. The molecule has 21 heavy (non-hydrogen) atoms. The van der Waals surface area contributed by atoms with E-state index in [2.05, 4.69) is 4.98 Å². The molecule has 0 spiro atoms. The van der Waals surface area contributed by atoms with Crippen molar-refractivity contribution in [1.29, 1.82) is 0 Å². The van der Waals surface area contributed by atoms with Gasteiger partial charge in [-0.2, -0.15) is 0 Å². The molecule has 1 aliphatic carbocycles. The minimum absolute atomic E-state index is 0.380. The SMILES string of the molecule is CC.COc1ncccc1Oc1cccc2c1CCC2O. The van der Waals surface area contributed by atoms with Crippen LogP contribution in [0.25, 0.3) is 0 Å². The molecule has 1 heterocycles. The molecule has 1 atom stereocenters. The molecule has 0 radical (unpaired) electrons. The van der Waals surface area contributed by atoms with Gasteiger partial charge >= 0.3 is 0 Å². The van der Waals surface area contributed by atoms with Crippen LogP contribution in [-0.4, -0.2) is 17.2 Å². The van der Waals surface area contributed by atoms with Crippen LogP contribution in [0.3, 0.4) is 0 Å². The molecular weight excluding hydrogens is 266 g/mol. The highest BCUT2D eigenvalue weighted by molar-refractivity contribution is 5.47. The number of nitrogens with zero attached hydrogens (tertiary/aromatic N) is 1. The number of benzene rings is 1. The Morgan fingerprint density at radius 2 is 1.90 bits per heavy atom. The van der Waals surface area contributed by atoms with Gasteiger partial charge in [-0.15, -0.1) is 0 Å². The Kier molecular flexibility index (Phi) is 5.17. The molecule has 0 fully saturated rings. The number of rotatable bonds is 3. The highest BCUT2D eigenvalue weighted by atomic mass is 16.5. The van der Waals surface area contributed by atoms with Crippen molar-refractivity contribution in [1.82, 2.24) is 4.98 Å². The Labute approximate surface area is 125 Å². The van der Waals surface area contributed by atoms with E-state index < -0.39 is 0 Å². The fourth-order valence-electron chi connectivity index (χ4n) is 2.42.